The molecule has 0 bridgehead atoms. The molecule has 1 aromatic heterocycles. The fourth-order valence-electron chi connectivity index (χ4n) is 2.95. The van der Waals surface area contributed by atoms with E-state index in [1.54, 1.807) is 26.0 Å². The normalized spacial score (nSPS) is 10.7. The molecular formula is C22H21F2N3O3. The minimum Gasteiger partial charge on any atom is -0.360 e. The largest absolute Gasteiger partial charge is 0.360 e. The van der Waals surface area contributed by atoms with Crippen molar-refractivity contribution in [3.63, 3.8) is 0 Å². The first-order chi connectivity index (χ1) is 14.4. The smallest absolute Gasteiger partial charge is 0.260 e. The van der Waals surface area contributed by atoms with Crippen molar-refractivity contribution >= 4 is 11.8 Å². The van der Waals surface area contributed by atoms with Crippen LogP contribution in [0.2, 0.25) is 0 Å². The van der Waals surface area contributed by atoms with Gasteiger partial charge in [0.1, 0.15) is 28.7 Å². The van der Waals surface area contributed by atoms with E-state index in [0.717, 1.165) is 5.56 Å². The quantitative estimate of drug-likeness (QED) is 0.641. The predicted octanol–water partition coefficient (Wildman–Crippen LogP) is 3.71. The Bertz CT molecular complexity index is 1030. The van der Waals surface area contributed by atoms with Crippen LogP contribution in [0.1, 0.15) is 28.6 Å². The molecule has 6 nitrogen and oxygen atoms in total. The third-order valence-electron chi connectivity index (χ3n) is 4.60. The Morgan fingerprint density at radius 1 is 1.03 bits per heavy atom. The fourth-order valence-corrected chi connectivity index (χ4v) is 2.95. The summed E-state index contributed by atoms with van der Waals surface area (Å²) in [6.45, 7) is 3.71. The number of carbonyl (C=O) groups is 2. The summed E-state index contributed by atoms with van der Waals surface area (Å²) >= 11 is 0. The van der Waals surface area contributed by atoms with Crippen molar-refractivity contribution in [1.82, 2.24) is 15.4 Å². The molecule has 0 unspecified atom stereocenters. The molecule has 1 N–H and O–H groups in total. The first kappa shape index (κ1) is 21.2. The van der Waals surface area contributed by atoms with Gasteiger partial charge in [0.15, 0.2) is 0 Å². The number of benzene rings is 2. The highest BCUT2D eigenvalue weighted by Gasteiger charge is 2.26. The van der Waals surface area contributed by atoms with Crippen LogP contribution in [0.5, 0.6) is 0 Å². The van der Waals surface area contributed by atoms with Crippen LogP contribution in [-0.4, -0.2) is 35.0 Å². The number of nitrogens with zero attached hydrogens (tertiary/aromatic N) is 2. The molecule has 2 aromatic carbocycles. The highest BCUT2D eigenvalue weighted by atomic mass is 19.1. The van der Waals surface area contributed by atoms with Crippen LogP contribution in [0, 0.1) is 18.6 Å². The maximum Gasteiger partial charge on any atom is 0.260 e. The Hall–Kier alpha value is -3.55. The molecule has 0 fully saturated rings. The molecule has 156 valence electrons. The second-order valence-corrected chi connectivity index (χ2v) is 6.69. The summed E-state index contributed by atoms with van der Waals surface area (Å²) in [5.41, 5.74) is 1.80. The van der Waals surface area contributed by atoms with Gasteiger partial charge in [-0.15, -0.1) is 0 Å². The Kier molecular flexibility index (Phi) is 6.56. The standard InChI is InChI=1S/C22H21F2N3O3/c1-3-27(13-19(28)25-12-15-4-8-17(23)9-5-15)22(29)20-14(2)30-26-21(20)16-6-10-18(24)11-7-16/h4-11H,3,12-13H2,1-2H3,(H,25,28). The number of halogens is 2. The van der Waals surface area contributed by atoms with Gasteiger partial charge in [0.05, 0.1) is 6.54 Å². The fraction of sp³-hybridized carbons (Fsp3) is 0.227. The number of nitrogens with one attached hydrogen (secondary N) is 1. The molecule has 2 amide bonds. The van der Waals surface area contributed by atoms with Gasteiger partial charge in [-0.3, -0.25) is 9.59 Å². The lowest BCUT2D eigenvalue weighted by molar-refractivity contribution is -0.121. The van der Waals surface area contributed by atoms with Gasteiger partial charge in [-0.2, -0.15) is 0 Å². The summed E-state index contributed by atoms with van der Waals surface area (Å²) in [4.78, 5) is 26.8. The van der Waals surface area contributed by atoms with E-state index in [2.05, 4.69) is 10.5 Å². The van der Waals surface area contributed by atoms with Crippen molar-refractivity contribution in [2.75, 3.05) is 13.1 Å². The van der Waals surface area contributed by atoms with Crippen LogP contribution in [0.25, 0.3) is 11.3 Å². The second kappa shape index (κ2) is 9.30. The van der Waals surface area contributed by atoms with Crippen LogP contribution in [0.3, 0.4) is 0 Å². The molecule has 0 saturated heterocycles. The van der Waals surface area contributed by atoms with Gasteiger partial charge < -0.3 is 14.7 Å². The van der Waals surface area contributed by atoms with Gasteiger partial charge in [0, 0.05) is 18.7 Å². The van der Waals surface area contributed by atoms with Crippen LogP contribution in [-0.2, 0) is 11.3 Å². The van der Waals surface area contributed by atoms with Crippen LogP contribution in [0.4, 0.5) is 8.78 Å². The van der Waals surface area contributed by atoms with Crippen molar-refractivity contribution in [2.45, 2.75) is 20.4 Å². The summed E-state index contributed by atoms with van der Waals surface area (Å²) in [6.07, 6.45) is 0. The highest BCUT2D eigenvalue weighted by molar-refractivity contribution is 6.02. The van der Waals surface area contributed by atoms with Gasteiger partial charge in [-0.25, -0.2) is 8.78 Å². The summed E-state index contributed by atoms with van der Waals surface area (Å²) in [6, 6.07) is 11.3. The molecule has 3 rings (SSSR count). The van der Waals surface area contributed by atoms with E-state index in [0.29, 0.717) is 17.0 Å². The third kappa shape index (κ3) is 4.89. The van der Waals surface area contributed by atoms with E-state index in [4.69, 9.17) is 4.52 Å². The van der Waals surface area contributed by atoms with E-state index in [-0.39, 0.29) is 36.9 Å². The summed E-state index contributed by atoms with van der Waals surface area (Å²) in [7, 11) is 0. The number of aromatic nitrogens is 1. The SMILES string of the molecule is CCN(CC(=O)NCc1ccc(F)cc1)C(=O)c1c(-c2ccc(F)cc2)noc1C. The molecule has 1 heterocycles. The molecule has 0 aliphatic heterocycles. The van der Waals surface area contributed by atoms with Gasteiger partial charge in [-0.05, 0) is 55.8 Å². The molecule has 0 saturated carbocycles. The van der Waals surface area contributed by atoms with E-state index in [1.807, 2.05) is 0 Å². The van der Waals surface area contributed by atoms with E-state index >= 15 is 0 Å². The first-order valence-electron chi connectivity index (χ1n) is 9.41. The molecule has 0 aliphatic carbocycles. The molecule has 0 spiro atoms. The van der Waals surface area contributed by atoms with Crippen molar-refractivity contribution in [2.24, 2.45) is 0 Å². The average Bonchev–Trinajstić information content (AvgIpc) is 3.13. The molecular weight excluding hydrogens is 392 g/mol. The van der Waals surface area contributed by atoms with Crippen LogP contribution >= 0.6 is 0 Å². The van der Waals surface area contributed by atoms with Crippen molar-refractivity contribution in [1.29, 1.82) is 0 Å². The van der Waals surface area contributed by atoms with Gasteiger partial charge in [-0.1, -0.05) is 17.3 Å². The molecule has 30 heavy (non-hydrogen) atoms. The first-order valence-corrected chi connectivity index (χ1v) is 9.41. The van der Waals surface area contributed by atoms with Crippen LogP contribution < -0.4 is 5.32 Å². The van der Waals surface area contributed by atoms with Gasteiger partial charge in [0.25, 0.3) is 5.91 Å². The van der Waals surface area contributed by atoms with Crippen molar-refractivity contribution in [3.8, 4) is 11.3 Å². The Morgan fingerprint density at radius 3 is 2.23 bits per heavy atom. The zero-order valence-corrected chi connectivity index (χ0v) is 16.6. The van der Waals surface area contributed by atoms with Gasteiger partial charge >= 0.3 is 0 Å². The van der Waals surface area contributed by atoms with E-state index < -0.39 is 11.7 Å². The molecule has 0 radical (unpaired) electrons. The minimum absolute atomic E-state index is 0.163. The lowest BCUT2D eigenvalue weighted by Gasteiger charge is -2.20. The second-order valence-electron chi connectivity index (χ2n) is 6.69. The lowest BCUT2D eigenvalue weighted by atomic mass is 10.0. The minimum atomic E-state index is -0.410. The number of rotatable bonds is 7. The number of carbonyl (C=O) groups excluding carboxylic acids is 2. The summed E-state index contributed by atoms with van der Waals surface area (Å²) in [5, 5.41) is 6.65. The molecule has 0 aliphatic rings. The molecule has 0 atom stereocenters. The predicted molar refractivity (Wildman–Crippen MR) is 106 cm³/mol. The molecule has 3 aromatic rings. The summed E-state index contributed by atoms with van der Waals surface area (Å²) < 4.78 is 31.4. The zero-order valence-electron chi connectivity index (χ0n) is 16.6. The average molecular weight is 413 g/mol. The molecule has 8 heteroatoms. The van der Waals surface area contributed by atoms with Gasteiger partial charge in [0.2, 0.25) is 5.91 Å². The topological polar surface area (TPSA) is 75.4 Å². The van der Waals surface area contributed by atoms with Crippen molar-refractivity contribution < 1.29 is 22.9 Å². The van der Waals surface area contributed by atoms with Crippen LogP contribution in [0.15, 0.2) is 53.1 Å². The third-order valence-corrected chi connectivity index (χ3v) is 4.60. The Morgan fingerprint density at radius 2 is 1.63 bits per heavy atom. The Balaban J connectivity index is 1.71. The summed E-state index contributed by atoms with van der Waals surface area (Å²) in [5.74, 6) is -1.21. The Labute approximate surface area is 172 Å². The zero-order chi connectivity index (χ0) is 21.7. The number of aryl methyl sites for hydroxylation is 1. The maximum atomic E-state index is 13.2. The van der Waals surface area contributed by atoms with Crippen molar-refractivity contribution in [3.05, 3.63) is 77.1 Å². The highest BCUT2D eigenvalue weighted by Crippen LogP contribution is 2.26. The van der Waals surface area contributed by atoms with E-state index in [1.165, 1.54) is 41.3 Å². The lowest BCUT2D eigenvalue weighted by Crippen LogP contribution is -2.40. The maximum absolute atomic E-state index is 13.2. The monoisotopic (exact) mass is 413 g/mol. The number of hydrogen-bond donors (Lipinski definition) is 1. The number of hydrogen-bond acceptors (Lipinski definition) is 4. The van der Waals surface area contributed by atoms with E-state index in [9.17, 15) is 18.4 Å². The number of likely N-dealkylation sites (N-methyl/N-ethyl adjacent to an activating group) is 1. The number of amides is 2.